The van der Waals surface area contributed by atoms with Crippen LogP contribution in [0.25, 0.3) is 0 Å². The second-order valence-electron chi connectivity index (χ2n) is 4.70. The van der Waals surface area contributed by atoms with Crippen molar-refractivity contribution in [1.82, 2.24) is 5.32 Å². The summed E-state index contributed by atoms with van der Waals surface area (Å²) >= 11 is 0. The summed E-state index contributed by atoms with van der Waals surface area (Å²) in [4.78, 5) is 0. The van der Waals surface area contributed by atoms with Gasteiger partial charge in [-0.3, -0.25) is 0 Å². The predicted octanol–water partition coefficient (Wildman–Crippen LogP) is 2.45. The van der Waals surface area contributed by atoms with E-state index in [1.165, 1.54) is 6.42 Å². The SMILES string of the molecule is CCCCOCCOC(C)CNCC(C)C. The summed E-state index contributed by atoms with van der Waals surface area (Å²) in [7, 11) is 0. The van der Waals surface area contributed by atoms with Gasteiger partial charge in [0.1, 0.15) is 0 Å². The molecule has 0 aliphatic heterocycles. The number of rotatable bonds is 11. The van der Waals surface area contributed by atoms with Crippen molar-refractivity contribution in [3.63, 3.8) is 0 Å². The minimum atomic E-state index is 0.272. The Morgan fingerprint density at radius 1 is 1.00 bits per heavy atom. The zero-order valence-corrected chi connectivity index (χ0v) is 11.4. The van der Waals surface area contributed by atoms with E-state index in [1.807, 2.05) is 0 Å². The third-order valence-corrected chi connectivity index (χ3v) is 2.26. The van der Waals surface area contributed by atoms with E-state index >= 15 is 0 Å². The van der Waals surface area contributed by atoms with Gasteiger partial charge in [0.15, 0.2) is 0 Å². The lowest BCUT2D eigenvalue weighted by molar-refractivity contribution is 0.0121. The summed E-state index contributed by atoms with van der Waals surface area (Å²) < 4.78 is 11.0. The highest BCUT2D eigenvalue weighted by Gasteiger charge is 2.01. The molecule has 0 radical (unpaired) electrons. The molecule has 0 aromatic rings. The van der Waals surface area contributed by atoms with Crippen molar-refractivity contribution in [2.75, 3.05) is 32.9 Å². The quantitative estimate of drug-likeness (QED) is 0.554. The van der Waals surface area contributed by atoms with Gasteiger partial charge in [0.2, 0.25) is 0 Å². The monoisotopic (exact) mass is 231 g/mol. The molecule has 0 aliphatic rings. The van der Waals surface area contributed by atoms with Gasteiger partial charge in [-0.1, -0.05) is 27.2 Å². The number of hydrogen-bond acceptors (Lipinski definition) is 3. The largest absolute Gasteiger partial charge is 0.379 e. The van der Waals surface area contributed by atoms with E-state index in [4.69, 9.17) is 9.47 Å². The average molecular weight is 231 g/mol. The van der Waals surface area contributed by atoms with Gasteiger partial charge < -0.3 is 14.8 Å². The van der Waals surface area contributed by atoms with Crippen LogP contribution in [0.3, 0.4) is 0 Å². The summed E-state index contributed by atoms with van der Waals surface area (Å²) in [6.45, 7) is 12.9. The maximum Gasteiger partial charge on any atom is 0.0704 e. The number of unbranched alkanes of at least 4 members (excludes halogenated alkanes) is 1. The Bertz CT molecular complexity index is 140. The molecule has 0 saturated heterocycles. The molecule has 0 aliphatic carbocycles. The highest BCUT2D eigenvalue weighted by atomic mass is 16.5. The second kappa shape index (κ2) is 11.4. The van der Waals surface area contributed by atoms with Gasteiger partial charge in [-0.25, -0.2) is 0 Å². The van der Waals surface area contributed by atoms with Gasteiger partial charge in [0.05, 0.1) is 19.3 Å². The van der Waals surface area contributed by atoms with Crippen LogP contribution >= 0.6 is 0 Å². The molecule has 0 fully saturated rings. The number of ether oxygens (including phenoxy) is 2. The molecule has 0 bridgehead atoms. The standard InChI is InChI=1S/C13H29NO2/c1-5-6-7-15-8-9-16-13(4)11-14-10-12(2)3/h12-14H,5-11H2,1-4H3. The first-order valence-electron chi connectivity index (χ1n) is 6.56. The third kappa shape index (κ3) is 12.0. The van der Waals surface area contributed by atoms with Crippen LogP contribution in [0, 0.1) is 5.92 Å². The Labute approximate surface area is 101 Å². The van der Waals surface area contributed by atoms with Crippen LogP contribution in [-0.2, 0) is 9.47 Å². The van der Waals surface area contributed by atoms with E-state index in [9.17, 15) is 0 Å². The van der Waals surface area contributed by atoms with E-state index in [-0.39, 0.29) is 6.10 Å². The Hall–Kier alpha value is -0.120. The van der Waals surface area contributed by atoms with Crippen LogP contribution in [0.15, 0.2) is 0 Å². The number of hydrogen-bond donors (Lipinski definition) is 1. The first-order chi connectivity index (χ1) is 7.66. The zero-order valence-electron chi connectivity index (χ0n) is 11.4. The van der Waals surface area contributed by atoms with Crippen molar-refractivity contribution in [3.05, 3.63) is 0 Å². The highest BCUT2D eigenvalue weighted by Crippen LogP contribution is 1.93. The summed E-state index contributed by atoms with van der Waals surface area (Å²) in [5, 5.41) is 3.38. The average Bonchev–Trinajstić information content (AvgIpc) is 2.22. The molecule has 0 heterocycles. The highest BCUT2D eigenvalue weighted by molar-refractivity contribution is 4.57. The van der Waals surface area contributed by atoms with E-state index in [0.29, 0.717) is 19.1 Å². The molecule has 1 N–H and O–H groups in total. The number of nitrogens with one attached hydrogen (secondary N) is 1. The first kappa shape index (κ1) is 15.9. The van der Waals surface area contributed by atoms with Crippen molar-refractivity contribution in [3.8, 4) is 0 Å². The van der Waals surface area contributed by atoms with Gasteiger partial charge in [-0.05, 0) is 25.8 Å². The fourth-order valence-electron chi connectivity index (χ4n) is 1.29. The van der Waals surface area contributed by atoms with Gasteiger partial charge in [-0.15, -0.1) is 0 Å². The van der Waals surface area contributed by atoms with Crippen LogP contribution in [0.4, 0.5) is 0 Å². The van der Waals surface area contributed by atoms with Crippen LogP contribution in [0.5, 0.6) is 0 Å². The normalized spacial score (nSPS) is 13.3. The fraction of sp³-hybridized carbons (Fsp3) is 1.00. The lowest BCUT2D eigenvalue weighted by atomic mass is 10.2. The lowest BCUT2D eigenvalue weighted by Gasteiger charge is -2.15. The molecule has 98 valence electrons. The van der Waals surface area contributed by atoms with Gasteiger partial charge in [0.25, 0.3) is 0 Å². The maximum atomic E-state index is 5.62. The third-order valence-electron chi connectivity index (χ3n) is 2.26. The Morgan fingerprint density at radius 2 is 1.75 bits per heavy atom. The van der Waals surface area contributed by atoms with Crippen molar-refractivity contribution < 1.29 is 9.47 Å². The summed E-state index contributed by atoms with van der Waals surface area (Å²) in [5.74, 6) is 0.699. The molecule has 1 unspecified atom stereocenters. The fourth-order valence-corrected chi connectivity index (χ4v) is 1.29. The molecule has 1 atom stereocenters. The molecule has 16 heavy (non-hydrogen) atoms. The van der Waals surface area contributed by atoms with Crippen LogP contribution < -0.4 is 5.32 Å². The van der Waals surface area contributed by atoms with Gasteiger partial charge >= 0.3 is 0 Å². The Balaban J connectivity index is 3.14. The van der Waals surface area contributed by atoms with E-state index in [2.05, 4.69) is 33.0 Å². The smallest absolute Gasteiger partial charge is 0.0704 e. The minimum Gasteiger partial charge on any atom is -0.379 e. The van der Waals surface area contributed by atoms with Crippen LogP contribution in [0.1, 0.15) is 40.5 Å². The molecule has 0 aromatic heterocycles. The summed E-state index contributed by atoms with van der Waals surface area (Å²) in [6, 6.07) is 0. The molecule has 0 aromatic carbocycles. The zero-order chi connectivity index (χ0) is 12.2. The summed E-state index contributed by atoms with van der Waals surface area (Å²) in [5.41, 5.74) is 0. The topological polar surface area (TPSA) is 30.5 Å². The van der Waals surface area contributed by atoms with Crippen LogP contribution in [0.2, 0.25) is 0 Å². The molecule has 3 nitrogen and oxygen atoms in total. The van der Waals surface area contributed by atoms with E-state index in [1.54, 1.807) is 0 Å². The van der Waals surface area contributed by atoms with Crippen molar-refractivity contribution in [2.24, 2.45) is 5.92 Å². The van der Waals surface area contributed by atoms with E-state index < -0.39 is 0 Å². The van der Waals surface area contributed by atoms with Gasteiger partial charge in [-0.2, -0.15) is 0 Å². The van der Waals surface area contributed by atoms with Crippen molar-refractivity contribution >= 4 is 0 Å². The van der Waals surface area contributed by atoms with Crippen molar-refractivity contribution in [2.45, 2.75) is 46.6 Å². The lowest BCUT2D eigenvalue weighted by Crippen LogP contribution is -2.30. The second-order valence-corrected chi connectivity index (χ2v) is 4.70. The molecular formula is C13H29NO2. The molecule has 0 saturated carbocycles. The van der Waals surface area contributed by atoms with E-state index in [0.717, 1.165) is 26.1 Å². The molecule has 0 spiro atoms. The molecule has 0 rings (SSSR count). The van der Waals surface area contributed by atoms with Crippen molar-refractivity contribution in [1.29, 1.82) is 0 Å². The Kier molecular flexibility index (Phi) is 11.3. The first-order valence-corrected chi connectivity index (χ1v) is 6.56. The predicted molar refractivity (Wildman–Crippen MR) is 68.8 cm³/mol. The molecular weight excluding hydrogens is 202 g/mol. The minimum absolute atomic E-state index is 0.272. The molecule has 3 heteroatoms. The molecule has 0 amide bonds. The van der Waals surface area contributed by atoms with Gasteiger partial charge in [0, 0.05) is 13.2 Å². The summed E-state index contributed by atoms with van der Waals surface area (Å²) in [6.07, 6.45) is 2.61. The van der Waals surface area contributed by atoms with Crippen LogP contribution in [-0.4, -0.2) is 39.0 Å². The Morgan fingerprint density at radius 3 is 2.38 bits per heavy atom. The maximum absolute atomic E-state index is 5.62.